The first-order valence-electron chi connectivity index (χ1n) is 10.4. The van der Waals surface area contributed by atoms with E-state index in [0.717, 1.165) is 44.9 Å². The van der Waals surface area contributed by atoms with Gasteiger partial charge in [0.05, 0.1) is 19.0 Å². The van der Waals surface area contributed by atoms with Gasteiger partial charge in [0, 0.05) is 24.2 Å². The van der Waals surface area contributed by atoms with E-state index in [2.05, 4.69) is 18.3 Å². The number of hydrogen-bond acceptors (Lipinski definition) is 4. The zero-order valence-corrected chi connectivity index (χ0v) is 18.1. The lowest BCUT2D eigenvalue weighted by Crippen LogP contribution is -2.24. The van der Waals surface area contributed by atoms with E-state index in [0.29, 0.717) is 19.5 Å². The molecule has 2 heterocycles. The highest BCUT2D eigenvalue weighted by Gasteiger charge is 2.19. The second-order valence-corrected chi connectivity index (χ2v) is 7.56. The number of nitrogens with one attached hydrogen (secondary N) is 1. The third kappa shape index (κ3) is 4.43. The number of carbonyl (C=O) groups is 1. The second kappa shape index (κ2) is 9.00. The van der Waals surface area contributed by atoms with E-state index >= 15 is 0 Å². The summed E-state index contributed by atoms with van der Waals surface area (Å²) in [5.41, 5.74) is 5.62. The average Bonchev–Trinajstić information content (AvgIpc) is 3.15. The zero-order valence-electron chi connectivity index (χ0n) is 18.1. The molecule has 0 spiro atoms. The van der Waals surface area contributed by atoms with Crippen molar-refractivity contribution in [1.82, 2.24) is 20.1 Å². The molecule has 4 rings (SSSR count). The molecule has 6 heteroatoms. The van der Waals surface area contributed by atoms with Crippen LogP contribution in [0.1, 0.15) is 23.2 Å². The van der Waals surface area contributed by atoms with Crippen molar-refractivity contribution in [2.75, 3.05) is 7.11 Å². The highest BCUT2D eigenvalue weighted by Crippen LogP contribution is 2.35. The number of ether oxygens (including phenoxy) is 1. The predicted molar refractivity (Wildman–Crippen MR) is 122 cm³/mol. The van der Waals surface area contributed by atoms with E-state index in [9.17, 15) is 4.79 Å². The van der Waals surface area contributed by atoms with E-state index in [1.54, 1.807) is 7.11 Å². The Morgan fingerprint density at radius 1 is 1.06 bits per heavy atom. The summed E-state index contributed by atoms with van der Waals surface area (Å²) in [6, 6.07) is 19.8. The Kier molecular flexibility index (Phi) is 5.98. The molecule has 0 aliphatic rings. The molecule has 0 saturated carbocycles. The second-order valence-electron chi connectivity index (χ2n) is 7.56. The Bertz CT molecular complexity index is 1220. The Morgan fingerprint density at radius 3 is 2.58 bits per heavy atom. The molecule has 1 N–H and O–H groups in total. The van der Waals surface area contributed by atoms with Gasteiger partial charge >= 0.3 is 0 Å². The van der Waals surface area contributed by atoms with Gasteiger partial charge in [0.2, 0.25) is 5.91 Å². The highest BCUT2D eigenvalue weighted by atomic mass is 16.5. The molecule has 6 nitrogen and oxygen atoms in total. The molecule has 0 radical (unpaired) electrons. The van der Waals surface area contributed by atoms with Gasteiger partial charge in [0.15, 0.2) is 5.65 Å². The van der Waals surface area contributed by atoms with Crippen LogP contribution in [0.25, 0.3) is 22.3 Å². The first kappa shape index (κ1) is 20.6. The van der Waals surface area contributed by atoms with E-state index in [-0.39, 0.29) is 5.91 Å². The minimum absolute atomic E-state index is 0.0179. The van der Waals surface area contributed by atoms with E-state index in [1.165, 1.54) is 0 Å². The molecule has 0 bridgehead atoms. The standard InChI is InChI=1S/C25H26N4O2/c1-17-15-18(2)27-25-23(17)24(20-11-7-8-12-21(20)31-3)28-29(25)14-13-22(30)26-16-19-9-5-4-6-10-19/h4-12,15H,13-14,16H2,1-3H3,(H,26,30). The SMILES string of the molecule is COc1ccccc1-c1nn(CCC(=O)NCc2ccccc2)c2nc(C)cc(C)c12. The molecule has 31 heavy (non-hydrogen) atoms. The molecule has 4 aromatic rings. The number of para-hydroxylation sites is 1. The van der Waals surface area contributed by atoms with Gasteiger partial charge < -0.3 is 10.1 Å². The van der Waals surface area contributed by atoms with Crippen LogP contribution in [-0.4, -0.2) is 27.8 Å². The maximum atomic E-state index is 12.4. The van der Waals surface area contributed by atoms with Crippen LogP contribution in [0.5, 0.6) is 5.75 Å². The van der Waals surface area contributed by atoms with Gasteiger partial charge in [-0.1, -0.05) is 42.5 Å². The van der Waals surface area contributed by atoms with Gasteiger partial charge in [-0.25, -0.2) is 9.67 Å². The van der Waals surface area contributed by atoms with Crippen LogP contribution in [0.2, 0.25) is 0 Å². The maximum absolute atomic E-state index is 12.4. The van der Waals surface area contributed by atoms with Gasteiger partial charge in [-0.05, 0) is 43.2 Å². The number of carbonyl (C=O) groups excluding carboxylic acids is 1. The lowest BCUT2D eigenvalue weighted by molar-refractivity contribution is -0.121. The normalized spacial score (nSPS) is 10.9. The number of amides is 1. The van der Waals surface area contributed by atoms with E-state index in [1.807, 2.05) is 66.2 Å². The summed E-state index contributed by atoms with van der Waals surface area (Å²) in [5, 5.41) is 8.82. The van der Waals surface area contributed by atoms with Crippen molar-refractivity contribution in [2.45, 2.75) is 33.4 Å². The van der Waals surface area contributed by atoms with Gasteiger partial charge in [-0.15, -0.1) is 0 Å². The molecule has 2 aromatic carbocycles. The van der Waals surface area contributed by atoms with Crippen LogP contribution in [0, 0.1) is 13.8 Å². The number of methoxy groups -OCH3 is 1. The van der Waals surface area contributed by atoms with Crippen LogP contribution in [0.4, 0.5) is 0 Å². The molecule has 0 atom stereocenters. The largest absolute Gasteiger partial charge is 0.496 e. The minimum Gasteiger partial charge on any atom is -0.496 e. The molecule has 158 valence electrons. The number of benzene rings is 2. The molecule has 0 saturated heterocycles. The van der Waals surface area contributed by atoms with Gasteiger partial charge in [0.1, 0.15) is 11.4 Å². The van der Waals surface area contributed by atoms with Crippen molar-refractivity contribution in [2.24, 2.45) is 0 Å². The maximum Gasteiger partial charge on any atom is 0.222 e. The molecule has 2 aromatic heterocycles. The zero-order chi connectivity index (χ0) is 21.8. The smallest absolute Gasteiger partial charge is 0.222 e. The summed E-state index contributed by atoms with van der Waals surface area (Å²) < 4.78 is 7.39. The van der Waals surface area contributed by atoms with E-state index < -0.39 is 0 Å². The van der Waals surface area contributed by atoms with Crippen molar-refractivity contribution in [3.8, 4) is 17.0 Å². The van der Waals surface area contributed by atoms with Crippen LogP contribution < -0.4 is 10.1 Å². The highest BCUT2D eigenvalue weighted by molar-refractivity contribution is 5.95. The van der Waals surface area contributed by atoms with Gasteiger partial charge in [-0.3, -0.25) is 4.79 Å². The average molecular weight is 415 g/mol. The Labute approximate surface area is 181 Å². The molecular formula is C25H26N4O2. The third-order valence-electron chi connectivity index (χ3n) is 5.27. The van der Waals surface area contributed by atoms with Gasteiger partial charge in [-0.2, -0.15) is 5.10 Å². The van der Waals surface area contributed by atoms with Gasteiger partial charge in [0.25, 0.3) is 0 Å². The van der Waals surface area contributed by atoms with Crippen LogP contribution in [0.15, 0.2) is 60.7 Å². The van der Waals surface area contributed by atoms with Crippen LogP contribution in [-0.2, 0) is 17.9 Å². The van der Waals surface area contributed by atoms with Crippen LogP contribution in [0.3, 0.4) is 0 Å². The Morgan fingerprint density at radius 2 is 1.81 bits per heavy atom. The predicted octanol–water partition coefficient (Wildman–Crippen LogP) is 4.43. The summed E-state index contributed by atoms with van der Waals surface area (Å²) in [7, 11) is 1.66. The quantitative estimate of drug-likeness (QED) is 0.486. The first-order valence-corrected chi connectivity index (χ1v) is 10.4. The van der Waals surface area contributed by atoms with Crippen LogP contribution >= 0.6 is 0 Å². The van der Waals surface area contributed by atoms with Crippen molar-refractivity contribution >= 4 is 16.9 Å². The molecule has 0 unspecified atom stereocenters. The van der Waals surface area contributed by atoms with Crippen molar-refractivity contribution in [1.29, 1.82) is 0 Å². The van der Waals surface area contributed by atoms with Crippen molar-refractivity contribution in [3.63, 3.8) is 0 Å². The lowest BCUT2D eigenvalue weighted by Gasteiger charge is -2.06. The number of rotatable bonds is 7. The van der Waals surface area contributed by atoms with Crippen molar-refractivity contribution in [3.05, 3.63) is 77.5 Å². The number of hydrogen-bond donors (Lipinski definition) is 1. The number of aryl methyl sites for hydroxylation is 3. The summed E-state index contributed by atoms with van der Waals surface area (Å²) in [4.78, 5) is 17.2. The minimum atomic E-state index is -0.0179. The monoisotopic (exact) mass is 414 g/mol. The fraction of sp³-hybridized carbons (Fsp3) is 0.240. The summed E-state index contributed by atoms with van der Waals surface area (Å²) in [5.74, 6) is 0.741. The first-order chi connectivity index (χ1) is 15.1. The third-order valence-corrected chi connectivity index (χ3v) is 5.27. The molecule has 0 aliphatic heterocycles. The number of pyridine rings is 1. The summed E-state index contributed by atoms with van der Waals surface area (Å²) in [6.07, 6.45) is 0.323. The Balaban J connectivity index is 1.61. The molecule has 0 aliphatic carbocycles. The van der Waals surface area contributed by atoms with Crippen molar-refractivity contribution < 1.29 is 9.53 Å². The Hall–Kier alpha value is -3.67. The lowest BCUT2D eigenvalue weighted by atomic mass is 10.0. The fourth-order valence-corrected chi connectivity index (χ4v) is 3.79. The molecule has 1 amide bonds. The molecular weight excluding hydrogens is 388 g/mol. The summed E-state index contributed by atoms with van der Waals surface area (Å²) >= 11 is 0. The number of fused-ring (bicyclic) bond motifs is 1. The number of nitrogens with zero attached hydrogens (tertiary/aromatic N) is 3. The molecule has 0 fully saturated rings. The number of aromatic nitrogens is 3. The summed E-state index contributed by atoms with van der Waals surface area (Å²) in [6.45, 7) is 5.00. The topological polar surface area (TPSA) is 69.0 Å². The fourth-order valence-electron chi connectivity index (χ4n) is 3.79. The van der Waals surface area contributed by atoms with E-state index in [4.69, 9.17) is 14.8 Å².